The molecule has 2 aliphatic rings. The highest BCUT2D eigenvalue weighted by atomic mass is 19.1. The van der Waals surface area contributed by atoms with Crippen molar-refractivity contribution in [2.24, 2.45) is 0 Å². The molecule has 0 aromatic carbocycles. The summed E-state index contributed by atoms with van der Waals surface area (Å²) in [6, 6.07) is 2.39. The summed E-state index contributed by atoms with van der Waals surface area (Å²) < 4.78 is 13.8. The smallest absolute Gasteiger partial charge is 0.183 e. The minimum Gasteiger partial charge on any atom is -0.351 e. The second-order valence-corrected chi connectivity index (χ2v) is 6.25. The largest absolute Gasteiger partial charge is 0.351 e. The van der Waals surface area contributed by atoms with E-state index in [1.165, 1.54) is 30.9 Å². The van der Waals surface area contributed by atoms with Crippen LogP contribution in [0.3, 0.4) is 0 Å². The minimum atomic E-state index is -0.387. The Balaban J connectivity index is 1.44. The topological polar surface area (TPSA) is 58.0 Å². The van der Waals surface area contributed by atoms with Crippen LogP contribution in [-0.4, -0.2) is 46.3 Å². The van der Waals surface area contributed by atoms with Crippen LogP contribution in [0.2, 0.25) is 0 Å². The molecule has 0 saturated carbocycles. The molecule has 2 aromatic heterocycles. The van der Waals surface area contributed by atoms with Crippen LogP contribution in [0.4, 0.5) is 16.0 Å². The van der Waals surface area contributed by atoms with Gasteiger partial charge < -0.3 is 9.80 Å². The Kier molecular flexibility index (Phi) is 3.55. The van der Waals surface area contributed by atoms with Gasteiger partial charge in [0.1, 0.15) is 6.33 Å². The lowest BCUT2D eigenvalue weighted by atomic mass is 9.96. The van der Waals surface area contributed by atoms with Gasteiger partial charge in [-0.2, -0.15) is 5.10 Å². The highest BCUT2D eigenvalue weighted by molar-refractivity contribution is 5.49. The van der Waals surface area contributed by atoms with Crippen LogP contribution in [0.5, 0.6) is 0 Å². The average Bonchev–Trinajstić information content (AvgIpc) is 2.53. The van der Waals surface area contributed by atoms with Crippen molar-refractivity contribution >= 4 is 11.6 Å². The minimum absolute atomic E-state index is 0.220. The van der Waals surface area contributed by atoms with Crippen LogP contribution < -0.4 is 9.80 Å². The van der Waals surface area contributed by atoms with Crippen molar-refractivity contribution in [1.29, 1.82) is 0 Å². The van der Waals surface area contributed by atoms with Gasteiger partial charge in [-0.1, -0.05) is 0 Å². The lowest BCUT2D eigenvalue weighted by Gasteiger charge is -2.45. The Morgan fingerprint density at radius 3 is 2.87 bits per heavy atom. The summed E-state index contributed by atoms with van der Waals surface area (Å²) >= 11 is 0. The fourth-order valence-electron chi connectivity index (χ4n) is 3.26. The van der Waals surface area contributed by atoms with Crippen molar-refractivity contribution in [3.05, 3.63) is 35.7 Å². The monoisotopic (exact) mass is 314 g/mol. The van der Waals surface area contributed by atoms with Crippen molar-refractivity contribution in [2.45, 2.75) is 31.7 Å². The van der Waals surface area contributed by atoms with Crippen molar-refractivity contribution < 1.29 is 4.39 Å². The summed E-state index contributed by atoms with van der Waals surface area (Å²) in [4.78, 5) is 11.8. The number of rotatable bonds is 3. The number of fused-ring (bicyclic) bond motifs is 1. The molecule has 0 spiro atoms. The van der Waals surface area contributed by atoms with Gasteiger partial charge >= 0.3 is 0 Å². The quantitative estimate of drug-likeness (QED) is 0.858. The summed E-state index contributed by atoms with van der Waals surface area (Å²) in [6.45, 7) is 1.60. The number of hydrogen-bond donors (Lipinski definition) is 0. The SMILES string of the molecule is CN(c1ncncc1F)C1CN(c2cc3c(nn2)CCCC3)C1. The van der Waals surface area contributed by atoms with Gasteiger partial charge in [0, 0.05) is 20.1 Å². The summed E-state index contributed by atoms with van der Waals surface area (Å²) in [6.07, 6.45) is 7.16. The number of halogens is 1. The van der Waals surface area contributed by atoms with Gasteiger partial charge in [0.05, 0.1) is 17.9 Å². The maximum atomic E-state index is 13.8. The molecule has 0 atom stereocenters. The van der Waals surface area contributed by atoms with Crippen molar-refractivity contribution in [2.75, 3.05) is 29.9 Å². The summed E-state index contributed by atoms with van der Waals surface area (Å²) in [5.74, 6) is 0.890. The molecule has 1 saturated heterocycles. The molecule has 6 nitrogen and oxygen atoms in total. The normalized spacial score (nSPS) is 17.6. The van der Waals surface area contributed by atoms with Crippen LogP contribution in [0, 0.1) is 5.82 Å². The lowest BCUT2D eigenvalue weighted by molar-refractivity contribution is 0.477. The first-order valence-electron chi connectivity index (χ1n) is 8.01. The molecule has 3 heterocycles. The lowest BCUT2D eigenvalue weighted by Crippen LogP contribution is -2.59. The summed E-state index contributed by atoms with van der Waals surface area (Å²) in [5, 5.41) is 8.73. The molecule has 120 valence electrons. The molecule has 0 bridgehead atoms. The first kappa shape index (κ1) is 14.3. The van der Waals surface area contributed by atoms with E-state index in [0.29, 0.717) is 5.82 Å². The number of aryl methyl sites for hydroxylation is 2. The highest BCUT2D eigenvalue weighted by Crippen LogP contribution is 2.27. The van der Waals surface area contributed by atoms with Crippen molar-refractivity contribution in [3.63, 3.8) is 0 Å². The number of anilines is 2. The second kappa shape index (κ2) is 5.72. The van der Waals surface area contributed by atoms with E-state index in [2.05, 4.69) is 31.1 Å². The zero-order valence-corrected chi connectivity index (χ0v) is 13.1. The van der Waals surface area contributed by atoms with Gasteiger partial charge in [-0.15, -0.1) is 5.10 Å². The molecule has 0 unspecified atom stereocenters. The second-order valence-electron chi connectivity index (χ2n) is 6.25. The summed E-state index contributed by atoms with van der Waals surface area (Å²) in [7, 11) is 1.87. The maximum absolute atomic E-state index is 13.8. The summed E-state index contributed by atoms with van der Waals surface area (Å²) in [5.41, 5.74) is 2.48. The average molecular weight is 314 g/mol. The fourth-order valence-corrected chi connectivity index (χ4v) is 3.26. The Bertz CT molecular complexity index is 715. The Hall–Kier alpha value is -2.31. The van der Waals surface area contributed by atoms with Crippen LogP contribution in [0.25, 0.3) is 0 Å². The Labute approximate surface area is 134 Å². The molecule has 1 aliphatic carbocycles. The van der Waals surface area contributed by atoms with E-state index in [4.69, 9.17) is 0 Å². The van der Waals surface area contributed by atoms with Crippen LogP contribution in [0.15, 0.2) is 18.6 Å². The zero-order valence-electron chi connectivity index (χ0n) is 13.1. The maximum Gasteiger partial charge on any atom is 0.183 e. The highest BCUT2D eigenvalue weighted by Gasteiger charge is 2.33. The van der Waals surface area contributed by atoms with E-state index in [1.807, 2.05) is 11.9 Å². The third kappa shape index (κ3) is 2.60. The molecular formula is C16H19FN6. The van der Waals surface area contributed by atoms with Crippen molar-refractivity contribution in [3.8, 4) is 0 Å². The fraction of sp³-hybridized carbons (Fsp3) is 0.500. The predicted octanol–water partition coefficient (Wildman–Crippen LogP) is 1.61. The number of likely N-dealkylation sites (N-methyl/N-ethyl adjacent to an activating group) is 1. The third-order valence-electron chi connectivity index (χ3n) is 4.77. The van der Waals surface area contributed by atoms with Crippen LogP contribution in [-0.2, 0) is 12.8 Å². The first-order valence-corrected chi connectivity index (χ1v) is 8.01. The van der Waals surface area contributed by atoms with E-state index < -0.39 is 0 Å². The van der Waals surface area contributed by atoms with Gasteiger partial charge in [-0.05, 0) is 37.3 Å². The molecule has 23 heavy (non-hydrogen) atoms. The molecule has 1 aliphatic heterocycles. The van der Waals surface area contributed by atoms with Crippen molar-refractivity contribution in [1.82, 2.24) is 20.2 Å². The van der Waals surface area contributed by atoms with Gasteiger partial charge in [-0.3, -0.25) is 0 Å². The first-order chi connectivity index (χ1) is 11.2. The van der Waals surface area contributed by atoms with Gasteiger partial charge in [-0.25, -0.2) is 14.4 Å². The molecule has 0 amide bonds. The van der Waals surface area contributed by atoms with Gasteiger partial charge in [0.2, 0.25) is 0 Å². The third-order valence-corrected chi connectivity index (χ3v) is 4.77. The number of aromatic nitrogens is 4. The Morgan fingerprint density at radius 1 is 1.22 bits per heavy atom. The van der Waals surface area contributed by atoms with E-state index >= 15 is 0 Å². The molecule has 2 aromatic rings. The molecular weight excluding hydrogens is 295 g/mol. The zero-order chi connectivity index (χ0) is 15.8. The predicted molar refractivity (Wildman–Crippen MR) is 85.1 cm³/mol. The molecule has 0 radical (unpaired) electrons. The molecule has 1 fully saturated rings. The van der Waals surface area contributed by atoms with Crippen LogP contribution in [0.1, 0.15) is 24.1 Å². The Morgan fingerprint density at radius 2 is 2.04 bits per heavy atom. The molecule has 4 rings (SSSR count). The van der Waals surface area contributed by atoms with E-state index in [9.17, 15) is 4.39 Å². The van der Waals surface area contributed by atoms with Gasteiger partial charge in [0.15, 0.2) is 17.5 Å². The number of nitrogens with zero attached hydrogens (tertiary/aromatic N) is 6. The number of hydrogen-bond acceptors (Lipinski definition) is 6. The van der Waals surface area contributed by atoms with E-state index in [0.717, 1.165) is 37.4 Å². The van der Waals surface area contributed by atoms with Gasteiger partial charge in [0.25, 0.3) is 0 Å². The molecule has 0 N–H and O–H groups in total. The standard InChI is InChI=1S/C16H19FN6/c1-22(16-13(17)7-18-10-19-16)12-8-23(9-12)15-6-11-4-2-3-5-14(11)20-21-15/h6-7,10,12H,2-5,8-9H2,1H3. The van der Waals surface area contributed by atoms with E-state index in [1.54, 1.807) is 0 Å². The van der Waals surface area contributed by atoms with Crippen LogP contribution >= 0.6 is 0 Å². The molecule has 7 heteroatoms. The van der Waals surface area contributed by atoms with E-state index in [-0.39, 0.29) is 11.9 Å².